The van der Waals surface area contributed by atoms with Crippen molar-refractivity contribution in [3.63, 3.8) is 0 Å². The molecule has 1 nitrogen and oxygen atoms in total. The minimum Gasteiger partial charge on any atom is -0.256 e. The van der Waals surface area contributed by atoms with E-state index in [1.165, 1.54) is 104 Å². The van der Waals surface area contributed by atoms with Gasteiger partial charge in [-0.1, -0.05) is 109 Å². The van der Waals surface area contributed by atoms with Crippen molar-refractivity contribution in [3.8, 4) is 33.5 Å². The van der Waals surface area contributed by atoms with Crippen LogP contribution in [-0.2, 0) is 0 Å². The molecule has 10 aromatic rings. The zero-order chi connectivity index (χ0) is 30.5. The molecule has 10 rings (SSSR count). The molecular weight excluding hydrogens is 555 g/mol. The lowest BCUT2D eigenvalue weighted by molar-refractivity contribution is 1.33. The lowest BCUT2D eigenvalue weighted by Crippen LogP contribution is -1.90. The molecule has 0 saturated carbocycles. The molecule has 0 fully saturated rings. The molecule has 214 valence electrons. The molecule has 0 N–H and O–H groups in total. The minimum absolute atomic E-state index is 1.01. The van der Waals surface area contributed by atoms with Crippen LogP contribution in [-0.4, -0.2) is 4.98 Å². The quantitative estimate of drug-likeness (QED) is 0.202. The Morgan fingerprint density at radius 2 is 1.02 bits per heavy atom. The van der Waals surface area contributed by atoms with E-state index in [-0.39, 0.29) is 0 Å². The molecule has 0 saturated heterocycles. The molecule has 1 heteroatoms. The highest BCUT2D eigenvalue weighted by Gasteiger charge is 2.26. The molecule has 0 radical (unpaired) electrons. The molecule has 1 aromatic heterocycles. The van der Waals surface area contributed by atoms with Crippen LogP contribution in [0.25, 0.3) is 98.1 Å². The first kappa shape index (κ1) is 25.5. The van der Waals surface area contributed by atoms with E-state index in [2.05, 4.69) is 141 Å². The summed E-state index contributed by atoms with van der Waals surface area (Å²) < 4.78 is 0. The number of hydrogen-bond acceptors (Lipinski definition) is 1. The fraction of sp³-hybridized carbons (Fsp3) is 0.0444. The van der Waals surface area contributed by atoms with Crippen molar-refractivity contribution in [1.29, 1.82) is 0 Å². The summed E-state index contributed by atoms with van der Waals surface area (Å²) in [6.07, 6.45) is 1.89. The standard InChI is InChI=1S/C45H29N/c1-26-12-10-13-27(2)39(26)29-24-36-30-16-6-7-17-32(30)43-42(36)37(25-29)40(28-14-4-3-5-15-28)44-34-19-11-18-33-31(38-20-8-9-23-46-38)21-22-35(41(33)34)45(43)44/h3-25H,1-2H3. The average Bonchev–Trinajstić information content (AvgIpc) is 3.60. The maximum absolute atomic E-state index is 4.76. The number of pyridine rings is 1. The van der Waals surface area contributed by atoms with Gasteiger partial charge in [0.2, 0.25) is 0 Å². The summed E-state index contributed by atoms with van der Waals surface area (Å²) in [6, 6.07) is 49.3. The van der Waals surface area contributed by atoms with Crippen molar-refractivity contribution in [1.82, 2.24) is 4.98 Å². The summed E-state index contributed by atoms with van der Waals surface area (Å²) in [5, 5.41) is 15.9. The maximum Gasteiger partial charge on any atom is 0.0708 e. The third-order valence-electron chi connectivity index (χ3n) is 10.2. The molecule has 0 aliphatic rings. The number of aromatic nitrogens is 1. The van der Waals surface area contributed by atoms with Crippen LogP contribution in [0.15, 0.2) is 140 Å². The second kappa shape index (κ2) is 9.36. The van der Waals surface area contributed by atoms with E-state index in [4.69, 9.17) is 4.98 Å². The highest BCUT2D eigenvalue weighted by molar-refractivity contribution is 6.48. The number of rotatable bonds is 3. The summed E-state index contributed by atoms with van der Waals surface area (Å²) in [7, 11) is 0. The number of fused-ring (bicyclic) bond motifs is 7. The summed E-state index contributed by atoms with van der Waals surface area (Å²) in [5.41, 5.74) is 9.97. The monoisotopic (exact) mass is 583 g/mol. The van der Waals surface area contributed by atoms with Crippen molar-refractivity contribution >= 4 is 64.6 Å². The number of aryl methyl sites for hydroxylation is 2. The van der Waals surface area contributed by atoms with E-state index < -0.39 is 0 Å². The first-order valence-electron chi connectivity index (χ1n) is 16.1. The van der Waals surface area contributed by atoms with E-state index in [9.17, 15) is 0 Å². The van der Waals surface area contributed by atoms with E-state index in [0.717, 1.165) is 5.69 Å². The fourth-order valence-corrected chi connectivity index (χ4v) is 8.46. The minimum atomic E-state index is 1.01. The average molecular weight is 584 g/mol. The van der Waals surface area contributed by atoms with Crippen LogP contribution in [0.1, 0.15) is 11.1 Å². The van der Waals surface area contributed by atoms with Crippen molar-refractivity contribution in [3.05, 3.63) is 151 Å². The molecule has 1 heterocycles. The van der Waals surface area contributed by atoms with Gasteiger partial charge in [0, 0.05) is 11.8 Å². The Bertz CT molecular complexity index is 2770. The highest BCUT2D eigenvalue weighted by atomic mass is 14.7. The zero-order valence-electron chi connectivity index (χ0n) is 25.7. The zero-order valence-corrected chi connectivity index (χ0v) is 25.7. The largest absolute Gasteiger partial charge is 0.256 e. The Hall–Kier alpha value is -5.79. The van der Waals surface area contributed by atoms with Crippen LogP contribution < -0.4 is 0 Å². The van der Waals surface area contributed by atoms with Crippen LogP contribution in [0, 0.1) is 13.8 Å². The first-order valence-corrected chi connectivity index (χ1v) is 16.1. The number of nitrogens with zero attached hydrogens (tertiary/aromatic N) is 1. The lowest BCUT2D eigenvalue weighted by Gasteiger charge is -2.16. The Labute approximate surface area is 267 Å². The van der Waals surface area contributed by atoms with Gasteiger partial charge in [-0.05, 0) is 136 Å². The topological polar surface area (TPSA) is 12.9 Å². The van der Waals surface area contributed by atoms with E-state index in [1.54, 1.807) is 0 Å². The van der Waals surface area contributed by atoms with Crippen molar-refractivity contribution in [2.45, 2.75) is 13.8 Å². The summed E-state index contributed by atoms with van der Waals surface area (Å²) in [6.45, 7) is 4.48. The summed E-state index contributed by atoms with van der Waals surface area (Å²) in [5.74, 6) is 0. The third-order valence-corrected chi connectivity index (χ3v) is 10.2. The van der Waals surface area contributed by atoms with Crippen molar-refractivity contribution in [2.75, 3.05) is 0 Å². The van der Waals surface area contributed by atoms with E-state index >= 15 is 0 Å². The van der Waals surface area contributed by atoms with Gasteiger partial charge in [0.25, 0.3) is 0 Å². The van der Waals surface area contributed by atoms with Crippen LogP contribution in [0.2, 0.25) is 0 Å². The normalized spacial score (nSPS) is 12.1. The molecule has 0 amide bonds. The van der Waals surface area contributed by atoms with Gasteiger partial charge in [-0.15, -0.1) is 0 Å². The van der Waals surface area contributed by atoms with Gasteiger partial charge >= 0.3 is 0 Å². The number of benzene rings is 7. The molecule has 0 atom stereocenters. The van der Waals surface area contributed by atoms with Gasteiger partial charge in [0.1, 0.15) is 0 Å². The van der Waals surface area contributed by atoms with Gasteiger partial charge in [-0.3, -0.25) is 4.98 Å². The highest BCUT2D eigenvalue weighted by Crippen LogP contribution is 2.54. The predicted octanol–water partition coefficient (Wildman–Crippen LogP) is 12.5. The second-order valence-electron chi connectivity index (χ2n) is 12.7. The van der Waals surface area contributed by atoms with Crippen LogP contribution in [0.3, 0.4) is 0 Å². The molecule has 9 aromatic carbocycles. The Morgan fingerprint density at radius 3 is 1.83 bits per heavy atom. The molecule has 0 aliphatic heterocycles. The smallest absolute Gasteiger partial charge is 0.0708 e. The summed E-state index contributed by atoms with van der Waals surface area (Å²) >= 11 is 0. The Kier molecular flexibility index (Phi) is 5.19. The first-order chi connectivity index (χ1) is 22.7. The van der Waals surface area contributed by atoms with Gasteiger partial charge < -0.3 is 0 Å². The van der Waals surface area contributed by atoms with Crippen LogP contribution in [0.4, 0.5) is 0 Å². The molecule has 46 heavy (non-hydrogen) atoms. The third kappa shape index (κ3) is 3.32. The molecule has 0 unspecified atom stereocenters. The maximum atomic E-state index is 4.76. The van der Waals surface area contributed by atoms with Crippen molar-refractivity contribution in [2.24, 2.45) is 0 Å². The van der Waals surface area contributed by atoms with Crippen molar-refractivity contribution < 1.29 is 0 Å². The predicted molar refractivity (Wildman–Crippen MR) is 197 cm³/mol. The fourth-order valence-electron chi connectivity index (χ4n) is 8.46. The van der Waals surface area contributed by atoms with Crippen LogP contribution in [0.5, 0.6) is 0 Å². The molecule has 0 bridgehead atoms. The molecule has 0 spiro atoms. The van der Waals surface area contributed by atoms with E-state index in [0.29, 0.717) is 0 Å². The van der Waals surface area contributed by atoms with Gasteiger partial charge in [0.05, 0.1) is 5.69 Å². The lowest BCUT2D eigenvalue weighted by atomic mass is 9.87. The van der Waals surface area contributed by atoms with E-state index in [1.807, 2.05) is 12.3 Å². The van der Waals surface area contributed by atoms with Gasteiger partial charge in [-0.2, -0.15) is 0 Å². The molecule has 0 aliphatic carbocycles. The Morgan fingerprint density at radius 1 is 0.370 bits per heavy atom. The number of hydrogen-bond donors (Lipinski definition) is 0. The summed E-state index contributed by atoms with van der Waals surface area (Å²) in [4.78, 5) is 4.76. The molecular formula is C45H29N. The van der Waals surface area contributed by atoms with Gasteiger partial charge in [-0.25, -0.2) is 0 Å². The van der Waals surface area contributed by atoms with Gasteiger partial charge in [0.15, 0.2) is 0 Å². The second-order valence-corrected chi connectivity index (χ2v) is 12.7. The SMILES string of the molecule is Cc1cccc(C)c1-c1cc2c(-c3ccccc3)c3c4cccc5c(-c6ccccn6)ccc(c54)c3c3c4ccccc4c(c1)c23. The Balaban J connectivity index is 1.51. The van der Waals surface area contributed by atoms with Crippen LogP contribution >= 0.6 is 0 Å².